The van der Waals surface area contributed by atoms with Gasteiger partial charge in [-0.1, -0.05) is 54.2 Å². The maximum atomic E-state index is 12.6. The third-order valence-electron chi connectivity index (χ3n) is 4.59. The molecule has 4 rings (SSSR count). The second kappa shape index (κ2) is 7.62. The van der Waals surface area contributed by atoms with Crippen molar-refractivity contribution in [3.63, 3.8) is 0 Å². The zero-order valence-corrected chi connectivity index (χ0v) is 16.7. The van der Waals surface area contributed by atoms with Crippen molar-refractivity contribution in [3.05, 3.63) is 76.9 Å². The van der Waals surface area contributed by atoms with Crippen LogP contribution in [0.15, 0.2) is 65.3 Å². The molecular formula is C22H18N2OS2. The number of hydrogen-bond acceptors (Lipinski definition) is 5. The molecule has 0 radical (unpaired) electrons. The van der Waals surface area contributed by atoms with Crippen LogP contribution in [0.25, 0.3) is 21.3 Å². The monoisotopic (exact) mass is 390 g/mol. The number of aryl methyl sites for hydroxylation is 2. The first kappa shape index (κ1) is 17.9. The maximum Gasteiger partial charge on any atom is 0.173 e. The van der Waals surface area contributed by atoms with Crippen LogP contribution in [0.3, 0.4) is 0 Å². The third-order valence-corrected chi connectivity index (χ3v) is 6.46. The Hall–Kier alpha value is -2.50. The summed E-state index contributed by atoms with van der Waals surface area (Å²) in [6, 6.07) is 16.1. The number of Topliss-reactive ketones (excluding diaryl/α,β-unsaturated/α-hetero) is 1. The SMILES string of the molecule is Cc1ccc(C(=O)CSc2ncnc3scc(-c4ccccc4)c23)cc1C. The molecule has 0 aliphatic carbocycles. The van der Waals surface area contributed by atoms with Crippen molar-refractivity contribution in [1.29, 1.82) is 0 Å². The summed E-state index contributed by atoms with van der Waals surface area (Å²) >= 11 is 3.09. The van der Waals surface area contributed by atoms with Gasteiger partial charge in [-0.05, 0) is 36.6 Å². The normalized spacial score (nSPS) is 11.0. The predicted molar refractivity (Wildman–Crippen MR) is 114 cm³/mol. The van der Waals surface area contributed by atoms with E-state index in [9.17, 15) is 4.79 Å². The van der Waals surface area contributed by atoms with E-state index in [2.05, 4.69) is 34.4 Å². The van der Waals surface area contributed by atoms with Gasteiger partial charge in [-0.2, -0.15) is 0 Å². The molecule has 27 heavy (non-hydrogen) atoms. The van der Waals surface area contributed by atoms with Crippen molar-refractivity contribution < 1.29 is 4.79 Å². The van der Waals surface area contributed by atoms with Gasteiger partial charge in [0.2, 0.25) is 0 Å². The molecule has 0 aliphatic rings. The molecule has 2 heterocycles. The number of thiophene rings is 1. The summed E-state index contributed by atoms with van der Waals surface area (Å²) in [4.78, 5) is 22.5. The summed E-state index contributed by atoms with van der Waals surface area (Å²) < 4.78 is 0. The third kappa shape index (κ3) is 3.66. The summed E-state index contributed by atoms with van der Waals surface area (Å²) in [6.07, 6.45) is 1.58. The lowest BCUT2D eigenvalue weighted by atomic mass is 10.0. The summed E-state index contributed by atoms with van der Waals surface area (Å²) in [6.45, 7) is 4.09. The van der Waals surface area contributed by atoms with Gasteiger partial charge in [-0.25, -0.2) is 9.97 Å². The van der Waals surface area contributed by atoms with Crippen LogP contribution in [0.2, 0.25) is 0 Å². The lowest BCUT2D eigenvalue weighted by Gasteiger charge is -2.06. The highest BCUT2D eigenvalue weighted by atomic mass is 32.2. The Bertz CT molecular complexity index is 1120. The summed E-state index contributed by atoms with van der Waals surface area (Å²) in [7, 11) is 0. The van der Waals surface area contributed by atoms with Gasteiger partial charge in [0.15, 0.2) is 5.78 Å². The Morgan fingerprint density at radius 1 is 1.04 bits per heavy atom. The molecule has 0 aliphatic heterocycles. The number of aromatic nitrogens is 2. The minimum Gasteiger partial charge on any atom is -0.293 e. The van der Waals surface area contributed by atoms with Gasteiger partial charge in [-0.15, -0.1) is 11.3 Å². The highest BCUT2D eigenvalue weighted by Gasteiger charge is 2.15. The summed E-state index contributed by atoms with van der Waals surface area (Å²) in [5.74, 6) is 0.477. The molecule has 134 valence electrons. The lowest BCUT2D eigenvalue weighted by molar-refractivity contribution is 0.102. The van der Waals surface area contributed by atoms with E-state index in [0.717, 1.165) is 37.5 Å². The predicted octanol–water partition coefficient (Wildman–Crippen LogP) is 5.95. The van der Waals surface area contributed by atoms with E-state index in [1.807, 2.05) is 43.3 Å². The molecular weight excluding hydrogens is 372 g/mol. The van der Waals surface area contributed by atoms with Crippen molar-refractivity contribution in [2.45, 2.75) is 18.9 Å². The number of hydrogen-bond donors (Lipinski definition) is 0. The number of carbonyl (C=O) groups is 1. The standard InChI is InChI=1S/C22H18N2OS2/c1-14-8-9-17(10-15(14)2)19(25)12-27-22-20-18(16-6-4-3-5-7-16)11-26-21(20)23-13-24-22/h3-11,13H,12H2,1-2H3. The highest BCUT2D eigenvalue weighted by Crippen LogP contribution is 2.37. The van der Waals surface area contributed by atoms with Crippen LogP contribution in [0, 0.1) is 13.8 Å². The fourth-order valence-electron chi connectivity index (χ4n) is 2.92. The number of fused-ring (bicyclic) bond motifs is 1. The molecule has 0 saturated carbocycles. The molecule has 5 heteroatoms. The van der Waals surface area contributed by atoms with Crippen LogP contribution in [0.4, 0.5) is 0 Å². The van der Waals surface area contributed by atoms with E-state index in [0.29, 0.717) is 5.75 Å². The van der Waals surface area contributed by atoms with E-state index >= 15 is 0 Å². The number of benzene rings is 2. The minimum absolute atomic E-state index is 0.117. The molecule has 0 fully saturated rings. The average molecular weight is 391 g/mol. The van der Waals surface area contributed by atoms with E-state index in [4.69, 9.17) is 0 Å². The van der Waals surface area contributed by atoms with Gasteiger partial charge >= 0.3 is 0 Å². The second-order valence-corrected chi connectivity index (χ2v) is 8.21. The molecule has 0 spiro atoms. The zero-order chi connectivity index (χ0) is 18.8. The minimum atomic E-state index is 0.117. The molecule has 2 aromatic carbocycles. The number of ketones is 1. The molecule has 0 unspecified atom stereocenters. The Kier molecular flexibility index (Phi) is 5.05. The first-order chi connectivity index (χ1) is 13.1. The van der Waals surface area contributed by atoms with E-state index < -0.39 is 0 Å². The molecule has 3 nitrogen and oxygen atoms in total. The molecule has 0 saturated heterocycles. The van der Waals surface area contributed by atoms with Crippen LogP contribution < -0.4 is 0 Å². The Morgan fingerprint density at radius 2 is 1.85 bits per heavy atom. The van der Waals surface area contributed by atoms with E-state index in [-0.39, 0.29) is 5.78 Å². The number of thioether (sulfide) groups is 1. The van der Waals surface area contributed by atoms with Crippen LogP contribution in [-0.4, -0.2) is 21.5 Å². The quantitative estimate of drug-likeness (QED) is 0.240. The van der Waals surface area contributed by atoms with Crippen LogP contribution in [0.5, 0.6) is 0 Å². The highest BCUT2D eigenvalue weighted by molar-refractivity contribution is 8.00. The topological polar surface area (TPSA) is 42.9 Å². The maximum absolute atomic E-state index is 12.6. The fourth-order valence-corrected chi connectivity index (χ4v) is 4.81. The number of rotatable bonds is 5. The summed E-state index contributed by atoms with van der Waals surface area (Å²) in [5, 5.41) is 4.01. The smallest absolute Gasteiger partial charge is 0.173 e. The lowest BCUT2D eigenvalue weighted by Crippen LogP contribution is -2.03. The van der Waals surface area contributed by atoms with Gasteiger partial charge < -0.3 is 0 Å². The molecule has 2 aromatic heterocycles. The Labute approximate surface area is 166 Å². The van der Waals surface area contributed by atoms with Gasteiger partial charge in [-0.3, -0.25) is 4.79 Å². The first-order valence-electron chi connectivity index (χ1n) is 8.64. The first-order valence-corrected chi connectivity index (χ1v) is 10.5. The van der Waals surface area contributed by atoms with Crippen molar-refractivity contribution in [2.24, 2.45) is 0 Å². The van der Waals surface area contributed by atoms with Crippen LogP contribution in [0.1, 0.15) is 21.5 Å². The fraction of sp³-hybridized carbons (Fsp3) is 0.136. The van der Waals surface area contributed by atoms with Crippen LogP contribution >= 0.6 is 23.1 Å². The van der Waals surface area contributed by atoms with Crippen molar-refractivity contribution in [3.8, 4) is 11.1 Å². The van der Waals surface area contributed by atoms with Crippen molar-refractivity contribution in [1.82, 2.24) is 9.97 Å². The van der Waals surface area contributed by atoms with E-state index in [1.54, 1.807) is 17.7 Å². The average Bonchev–Trinajstić information content (AvgIpc) is 3.13. The van der Waals surface area contributed by atoms with Gasteiger partial charge in [0.05, 0.1) is 11.1 Å². The second-order valence-electron chi connectivity index (χ2n) is 6.39. The molecule has 0 amide bonds. The van der Waals surface area contributed by atoms with Gasteiger partial charge in [0.25, 0.3) is 0 Å². The molecule has 0 atom stereocenters. The zero-order valence-electron chi connectivity index (χ0n) is 15.1. The molecule has 4 aromatic rings. The Morgan fingerprint density at radius 3 is 2.63 bits per heavy atom. The number of carbonyl (C=O) groups excluding carboxylic acids is 1. The van der Waals surface area contributed by atoms with Crippen molar-refractivity contribution in [2.75, 3.05) is 5.75 Å². The molecule has 0 N–H and O–H groups in total. The Balaban J connectivity index is 1.63. The number of nitrogens with zero attached hydrogens (tertiary/aromatic N) is 2. The largest absolute Gasteiger partial charge is 0.293 e. The van der Waals surface area contributed by atoms with Crippen molar-refractivity contribution >= 4 is 39.1 Å². The summed E-state index contributed by atoms with van der Waals surface area (Å²) in [5.41, 5.74) is 5.35. The van der Waals surface area contributed by atoms with E-state index in [1.165, 1.54) is 17.3 Å². The molecule has 0 bridgehead atoms. The van der Waals surface area contributed by atoms with Gasteiger partial charge in [0.1, 0.15) is 16.2 Å². The van der Waals surface area contributed by atoms with Gasteiger partial charge in [0, 0.05) is 16.5 Å². The van der Waals surface area contributed by atoms with Crippen LogP contribution in [-0.2, 0) is 0 Å².